The fourth-order valence-electron chi connectivity index (χ4n) is 3.39. The van der Waals surface area contributed by atoms with Gasteiger partial charge in [-0.25, -0.2) is 0 Å². The number of ether oxygens (including phenoxy) is 1. The van der Waals surface area contributed by atoms with E-state index in [2.05, 4.69) is 4.98 Å². The molecule has 29 heavy (non-hydrogen) atoms. The van der Waals surface area contributed by atoms with Crippen molar-refractivity contribution in [3.63, 3.8) is 0 Å². The number of hydrogen-bond donors (Lipinski definition) is 2. The molecule has 7 heteroatoms. The maximum Gasteiger partial charge on any atom is 0.295 e. The van der Waals surface area contributed by atoms with Crippen molar-refractivity contribution in [2.45, 2.75) is 13.0 Å². The third-order valence-corrected chi connectivity index (χ3v) is 4.81. The Morgan fingerprint density at radius 1 is 1.24 bits per heavy atom. The monoisotopic (exact) mass is 396 g/mol. The Hall–Kier alpha value is -3.19. The Labute approximate surface area is 170 Å². The second-order valence-corrected chi connectivity index (χ2v) is 7.20. The number of hydrogen-bond acceptors (Lipinski definition) is 5. The molecule has 2 aromatic rings. The molecule has 1 aliphatic heterocycles. The number of nitrogens with one attached hydrogen (secondary N) is 1. The number of likely N-dealkylation sites (tertiary alicyclic amines) is 1. The predicted molar refractivity (Wildman–Crippen MR) is 109 cm³/mol. The molecule has 7 nitrogen and oxygen atoms in total. The quantitative estimate of drug-likeness (QED) is 0.415. The van der Waals surface area contributed by atoms with Gasteiger partial charge in [0.2, 0.25) is 0 Å². The average Bonchev–Trinajstić information content (AvgIpc) is 2.97. The van der Waals surface area contributed by atoms with E-state index < -0.39 is 17.7 Å². The molecule has 1 amide bonds. The third-order valence-electron chi connectivity index (χ3n) is 4.81. The van der Waals surface area contributed by atoms with Crippen LogP contribution in [-0.2, 0) is 9.59 Å². The fraction of sp³-hybridized carbons (Fsp3) is 0.318. The highest BCUT2D eigenvalue weighted by Gasteiger charge is 2.46. The van der Waals surface area contributed by atoms with Gasteiger partial charge >= 0.3 is 0 Å². The van der Waals surface area contributed by atoms with Gasteiger partial charge in [0, 0.05) is 18.0 Å². The average molecular weight is 396 g/mol. The van der Waals surface area contributed by atoms with Crippen molar-refractivity contribution in [3.05, 3.63) is 65.5 Å². The van der Waals surface area contributed by atoms with E-state index in [4.69, 9.17) is 4.74 Å². The molecule has 152 valence electrons. The fourth-order valence-corrected chi connectivity index (χ4v) is 3.39. The molecular weight excluding hydrogens is 370 g/mol. The smallest absolute Gasteiger partial charge is 0.295 e. The summed E-state index contributed by atoms with van der Waals surface area (Å²) in [6.07, 6.45) is 3.25. The molecule has 1 aromatic heterocycles. The first-order chi connectivity index (χ1) is 13.9. The summed E-state index contributed by atoms with van der Waals surface area (Å²) in [5.74, 6) is -0.923. The van der Waals surface area contributed by atoms with Gasteiger partial charge in [0.05, 0.1) is 45.4 Å². The number of nitrogens with zero attached hydrogens (tertiary/aromatic N) is 2. The standard InChI is InChI=1S/C22H25N3O4/c1-4-29-17-9-5-7-15(13-17)20(26)18-19(16-8-6-10-23-14-16)25(12-11-24(2)3)22(28)21(18)27/h5-10,13-14,19,26H,4,11-12H2,1-3H3/p+1/t19-/m1/s1. The van der Waals surface area contributed by atoms with Gasteiger partial charge in [-0.3, -0.25) is 14.6 Å². The molecule has 0 saturated carbocycles. The Kier molecular flexibility index (Phi) is 6.29. The number of pyridine rings is 1. The molecule has 1 aliphatic rings. The van der Waals surface area contributed by atoms with Gasteiger partial charge in [-0.2, -0.15) is 0 Å². The third kappa shape index (κ3) is 4.30. The topological polar surface area (TPSA) is 84.2 Å². The lowest BCUT2D eigenvalue weighted by Gasteiger charge is -2.25. The van der Waals surface area contributed by atoms with Crippen LogP contribution in [0.2, 0.25) is 0 Å². The lowest BCUT2D eigenvalue weighted by Crippen LogP contribution is -3.06. The number of quaternary nitrogens is 1. The first-order valence-electron chi connectivity index (χ1n) is 9.64. The summed E-state index contributed by atoms with van der Waals surface area (Å²) in [5.41, 5.74) is 1.19. The van der Waals surface area contributed by atoms with Crippen LogP contribution in [0.15, 0.2) is 54.4 Å². The van der Waals surface area contributed by atoms with E-state index in [1.54, 1.807) is 42.7 Å². The number of amides is 1. The van der Waals surface area contributed by atoms with Gasteiger partial charge < -0.3 is 19.6 Å². The van der Waals surface area contributed by atoms with E-state index >= 15 is 0 Å². The van der Waals surface area contributed by atoms with Crippen LogP contribution in [0.4, 0.5) is 0 Å². The molecule has 2 N–H and O–H groups in total. The molecule has 0 unspecified atom stereocenters. The van der Waals surface area contributed by atoms with Gasteiger partial charge in [-0.05, 0) is 30.7 Å². The molecule has 0 bridgehead atoms. The van der Waals surface area contributed by atoms with Crippen LogP contribution in [0, 0.1) is 0 Å². The van der Waals surface area contributed by atoms with Gasteiger partial charge in [0.25, 0.3) is 11.7 Å². The van der Waals surface area contributed by atoms with E-state index in [9.17, 15) is 14.7 Å². The summed E-state index contributed by atoms with van der Waals surface area (Å²) in [7, 11) is 3.96. The Bertz CT molecular complexity index is 925. The van der Waals surface area contributed by atoms with Crippen molar-refractivity contribution in [2.24, 2.45) is 0 Å². The molecule has 3 rings (SSSR count). The summed E-state index contributed by atoms with van der Waals surface area (Å²) in [6, 6.07) is 9.75. The van der Waals surface area contributed by atoms with E-state index in [1.807, 2.05) is 27.1 Å². The van der Waals surface area contributed by atoms with Crippen molar-refractivity contribution in [2.75, 3.05) is 33.8 Å². The second kappa shape index (κ2) is 8.87. The Morgan fingerprint density at radius 3 is 2.69 bits per heavy atom. The molecule has 0 radical (unpaired) electrons. The highest BCUT2D eigenvalue weighted by atomic mass is 16.5. The summed E-state index contributed by atoms with van der Waals surface area (Å²) < 4.78 is 5.50. The van der Waals surface area contributed by atoms with Crippen LogP contribution in [0.3, 0.4) is 0 Å². The molecular formula is C22H26N3O4+. The van der Waals surface area contributed by atoms with E-state index in [-0.39, 0.29) is 11.3 Å². The van der Waals surface area contributed by atoms with Crippen LogP contribution < -0.4 is 9.64 Å². The highest BCUT2D eigenvalue weighted by molar-refractivity contribution is 6.46. The van der Waals surface area contributed by atoms with Gasteiger partial charge in [0.1, 0.15) is 11.5 Å². The van der Waals surface area contributed by atoms with Gasteiger partial charge in [-0.1, -0.05) is 18.2 Å². The minimum atomic E-state index is -0.688. The number of aromatic nitrogens is 1. The number of carbonyl (C=O) groups is 2. The molecule has 1 atom stereocenters. The Morgan fingerprint density at radius 2 is 2.03 bits per heavy atom. The number of Topliss-reactive ketones (excluding diaryl/α,β-unsaturated/α-hetero) is 1. The van der Waals surface area contributed by atoms with E-state index in [1.165, 1.54) is 4.90 Å². The largest absolute Gasteiger partial charge is 0.507 e. The summed E-state index contributed by atoms with van der Waals surface area (Å²) >= 11 is 0. The van der Waals surface area contributed by atoms with Crippen molar-refractivity contribution in [1.82, 2.24) is 9.88 Å². The summed E-state index contributed by atoms with van der Waals surface area (Å²) in [5, 5.41) is 11.0. The zero-order valence-corrected chi connectivity index (χ0v) is 16.9. The van der Waals surface area contributed by atoms with Crippen LogP contribution in [0.5, 0.6) is 5.75 Å². The van der Waals surface area contributed by atoms with Gasteiger partial charge in [-0.15, -0.1) is 0 Å². The summed E-state index contributed by atoms with van der Waals surface area (Å²) in [6.45, 7) is 3.41. The minimum absolute atomic E-state index is 0.0744. The minimum Gasteiger partial charge on any atom is -0.507 e. The number of rotatable bonds is 7. The molecule has 0 aliphatic carbocycles. The predicted octanol–water partition coefficient (Wildman–Crippen LogP) is 1.05. The Balaban J connectivity index is 2.11. The number of benzene rings is 1. The summed E-state index contributed by atoms with van der Waals surface area (Å²) in [4.78, 5) is 32.5. The maximum atomic E-state index is 12.9. The number of likely N-dealkylation sites (N-methyl/N-ethyl adjacent to an activating group) is 1. The second-order valence-electron chi connectivity index (χ2n) is 7.20. The van der Waals surface area contributed by atoms with Crippen LogP contribution >= 0.6 is 0 Å². The zero-order chi connectivity index (χ0) is 21.0. The van der Waals surface area contributed by atoms with Crippen molar-refractivity contribution < 1.29 is 24.3 Å². The van der Waals surface area contributed by atoms with E-state index in [0.717, 1.165) is 4.90 Å². The zero-order valence-electron chi connectivity index (χ0n) is 16.9. The van der Waals surface area contributed by atoms with Gasteiger partial charge in [0.15, 0.2) is 0 Å². The first kappa shape index (κ1) is 20.5. The van der Waals surface area contributed by atoms with Crippen LogP contribution in [-0.4, -0.2) is 60.5 Å². The van der Waals surface area contributed by atoms with Crippen LogP contribution in [0.25, 0.3) is 5.76 Å². The highest BCUT2D eigenvalue weighted by Crippen LogP contribution is 2.39. The number of aliphatic hydroxyl groups is 1. The van der Waals surface area contributed by atoms with E-state index in [0.29, 0.717) is 36.6 Å². The number of ketones is 1. The molecule has 0 spiro atoms. The lowest BCUT2D eigenvalue weighted by atomic mass is 9.96. The number of carbonyl (C=O) groups excluding carboxylic acids is 2. The number of aliphatic hydroxyl groups excluding tert-OH is 1. The van der Waals surface area contributed by atoms with Crippen LogP contribution in [0.1, 0.15) is 24.1 Å². The normalized spacial score (nSPS) is 18.5. The first-order valence-corrected chi connectivity index (χ1v) is 9.64. The lowest BCUT2D eigenvalue weighted by molar-refractivity contribution is -0.857. The molecule has 1 fully saturated rings. The SMILES string of the molecule is CCOc1cccc(C(O)=C2C(=O)C(=O)N(CC[NH+](C)C)[C@@H]2c2cccnc2)c1. The molecule has 1 aromatic carbocycles. The van der Waals surface area contributed by atoms with Crippen molar-refractivity contribution in [3.8, 4) is 5.75 Å². The maximum absolute atomic E-state index is 12.9. The van der Waals surface area contributed by atoms with Crippen molar-refractivity contribution in [1.29, 1.82) is 0 Å². The molecule has 1 saturated heterocycles. The van der Waals surface area contributed by atoms with Crippen molar-refractivity contribution >= 4 is 17.4 Å². The molecule has 2 heterocycles.